The SMILES string of the molecule is COc1ccc(C(=O)N2CCN(C(=O)CCc3ncc(-c4ccc(OC)cc4)o3)CC2)cc1. The molecule has 0 atom stereocenters. The van der Waals surface area contributed by atoms with Crippen LogP contribution in [0.3, 0.4) is 0 Å². The van der Waals surface area contributed by atoms with Gasteiger partial charge >= 0.3 is 0 Å². The molecule has 2 amide bonds. The summed E-state index contributed by atoms with van der Waals surface area (Å²) in [5.41, 5.74) is 1.52. The van der Waals surface area contributed by atoms with Crippen molar-refractivity contribution < 1.29 is 23.5 Å². The van der Waals surface area contributed by atoms with Crippen LogP contribution in [0.25, 0.3) is 11.3 Å². The van der Waals surface area contributed by atoms with Crippen molar-refractivity contribution in [2.75, 3.05) is 40.4 Å². The number of amides is 2. The summed E-state index contributed by atoms with van der Waals surface area (Å²) >= 11 is 0. The summed E-state index contributed by atoms with van der Waals surface area (Å²) < 4.78 is 16.1. The summed E-state index contributed by atoms with van der Waals surface area (Å²) in [5, 5.41) is 0. The van der Waals surface area contributed by atoms with Crippen molar-refractivity contribution >= 4 is 11.8 Å². The minimum absolute atomic E-state index is 0.0319. The summed E-state index contributed by atoms with van der Waals surface area (Å²) in [7, 11) is 3.21. The highest BCUT2D eigenvalue weighted by atomic mass is 16.5. The minimum Gasteiger partial charge on any atom is -0.497 e. The third-order valence-electron chi connectivity index (χ3n) is 5.74. The highest BCUT2D eigenvalue weighted by molar-refractivity contribution is 5.94. The Morgan fingerprint density at radius 1 is 0.879 bits per heavy atom. The Balaban J connectivity index is 1.25. The fourth-order valence-electron chi connectivity index (χ4n) is 3.76. The van der Waals surface area contributed by atoms with E-state index < -0.39 is 0 Å². The summed E-state index contributed by atoms with van der Waals surface area (Å²) in [6.07, 6.45) is 2.42. The van der Waals surface area contributed by atoms with E-state index in [0.29, 0.717) is 62.0 Å². The van der Waals surface area contributed by atoms with Crippen LogP contribution in [0.4, 0.5) is 0 Å². The number of piperazine rings is 1. The van der Waals surface area contributed by atoms with Crippen LogP contribution < -0.4 is 9.47 Å². The minimum atomic E-state index is -0.0319. The highest BCUT2D eigenvalue weighted by Gasteiger charge is 2.25. The lowest BCUT2D eigenvalue weighted by Gasteiger charge is -2.34. The lowest BCUT2D eigenvalue weighted by atomic mass is 10.1. The van der Waals surface area contributed by atoms with Gasteiger partial charge in [-0.1, -0.05) is 0 Å². The summed E-state index contributed by atoms with van der Waals surface area (Å²) in [6.45, 7) is 2.06. The van der Waals surface area contributed by atoms with Gasteiger partial charge in [0, 0.05) is 50.1 Å². The third kappa shape index (κ3) is 5.34. The molecule has 1 aromatic heterocycles. The molecule has 4 rings (SSSR count). The first-order chi connectivity index (χ1) is 16.1. The van der Waals surface area contributed by atoms with Gasteiger partial charge in [0.05, 0.1) is 20.4 Å². The molecule has 0 radical (unpaired) electrons. The van der Waals surface area contributed by atoms with Crippen molar-refractivity contribution in [3.8, 4) is 22.8 Å². The van der Waals surface area contributed by atoms with Gasteiger partial charge in [-0.2, -0.15) is 0 Å². The molecule has 1 aliphatic heterocycles. The van der Waals surface area contributed by atoms with Crippen molar-refractivity contribution in [3.05, 3.63) is 66.2 Å². The number of nitrogens with zero attached hydrogens (tertiary/aromatic N) is 3. The van der Waals surface area contributed by atoms with Crippen LogP contribution in [0.5, 0.6) is 11.5 Å². The number of carbonyl (C=O) groups excluding carboxylic acids is 2. The molecular weight excluding hydrogens is 422 g/mol. The predicted octanol–water partition coefficient (Wildman–Crippen LogP) is 3.28. The average Bonchev–Trinajstić information content (AvgIpc) is 3.36. The number of oxazole rings is 1. The molecule has 33 heavy (non-hydrogen) atoms. The first-order valence-corrected chi connectivity index (χ1v) is 10.9. The van der Waals surface area contributed by atoms with E-state index in [2.05, 4.69) is 4.98 Å². The normalized spacial score (nSPS) is 13.6. The molecule has 172 valence electrons. The zero-order valence-electron chi connectivity index (χ0n) is 18.8. The first kappa shape index (κ1) is 22.4. The summed E-state index contributed by atoms with van der Waals surface area (Å²) in [4.78, 5) is 33.2. The third-order valence-corrected chi connectivity index (χ3v) is 5.74. The van der Waals surface area contributed by atoms with Crippen LogP contribution in [0.15, 0.2) is 59.1 Å². The van der Waals surface area contributed by atoms with Crippen LogP contribution >= 0.6 is 0 Å². The molecule has 0 aliphatic carbocycles. The van der Waals surface area contributed by atoms with E-state index in [1.165, 1.54) is 0 Å². The predicted molar refractivity (Wildman–Crippen MR) is 122 cm³/mol. The molecule has 0 saturated carbocycles. The van der Waals surface area contributed by atoms with Gasteiger partial charge in [-0.15, -0.1) is 0 Å². The van der Waals surface area contributed by atoms with Gasteiger partial charge in [0.15, 0.2) is 11.7 Å². The molecule has 0 N–H and O–H groups in total. The number of aryl methyl sites for hydroxylation is 1. The molecular formula is C25H27N3O5. The van der Waals surface area contributed by atoms with Crippen LogP contribution in [-0.4, -0.2) is 67.0 Å². The van der Waals surface area contributed by atoms with E-state index in [-0.39, 0.29) is 11.8 Å². The molecule has 2 aromatic carbocycles. The standard InChI is InChI=1S/C25H27N3O5/c1-31-20-7-3-18(4-8-20)22-17-26-23(33-22)11-12-24(29)27-13-15-28(16-14-27)25(30)19-5-9-21(32-2)10-6-19/h3-10,17H,11-16H2,1-2H3. The van der Waals surface area contributed by atoms with E-state index >= 15 is 0 Å². The molecule has 0 bridgehead atoms. The largest absolute Gasteiger partial charge is 0.497 e. The van der Waals surface area contributed by atoms with Crippen LogP contribution in [0.1, 0.15) is 22.7 Å². The molecule has 1 saturated heterocycles. The first-order valence-electron chi connectivity index (χ1n) is 10.9. The maximum absolute atomic E-state index is 12.7. The van der Waals surface area contributed by atoms with Gasteiger partial charge in [-0.3, -0.25) is 9.59 Å². The van der Waals surface area contributed by atoms with Gasteiger partial charge < -0.3 is 23.7 Å². The van der Waals surface area contributed by atoms with Gasteiger partial charge in [0.25, 0.3) is 5.91 Å². The second-order valence-electron chi connectivity index (χ2n) is 7.75. The van der Waals surface area contributed by atoms with Crippen LogP contribution in [-0.2, 0) is 11.2 Å². The molecule has 8 heteroatoms. The van der Waals surface area contributed by atoms with E-state index in [4.69, 9.17) is 13.9 Å². The molecule has 8 nitrogen and oxygen atoms in total. The van der Waals surface area contributed by atoms with E-state index in [9.17, 15) is 9.59 Å². The lowest BCUT2D eigenvalue weighted by molar-refractivity contribution is -0.132. The van der Waals surface area contributed by atoms with Gasteiger partial charge in [-0.25, -0.2) is 4.98 Å². The lowest BCUT2D eigenvalue weighted by Crippen LogP contribution is -2.50. The Labute approximate surface area is 192 Å². The zero-order chi connectivity index (χ0) is 23.2. The number of hydrogen-bond acceptors (Lipinski definition) is 6. The van der Waals surface area contributed by atoms with Crippen molar-refractivity contribution in [1.29, 1.82) is 0 Å². The number of hydrogen-bond donors (Lipinski definition) is 0. The number of benzene rings is 2. The Bertz CT molecular complexity index is 1080. The van der Waals surface area contributed by atoms with E-state index in [0.717, 1.165) is 11.3 Å². The van der Waals surface area contributed by atoms with Gasteiger partial charge in [0.2, 0.25) is 5.91 Å². The average molecular weight is 450 g/mol. The summed E-state index contributed by atoms with van der Waals surface area (Å²) in [6, 6.07) is 14.6. The Morgan fingerprint density at radius 2 is 1.45 bits per heavy atom. The monoisotopic (exact) mass is 449 g/mol. The smallest absolute Gasteiger partial charge is 0.253 e. The highest BCUT2D eigenvalue weighted by Crippen LogP contribution is 2.23. The molecule has 0 unspecified atom stereocenters. The number of ether oxygens (including phenoxy) is 2. The van der Waals surface area contributed by atoms with E-state index in [1.807, 2.05) is 24.3 Å². The second-order valence-corrected chi connectivity index (χ2v) is 7.75. The topological polar surface area (TPSA) is 85.1 Å². The maximum Gasteiger partial charge on any atom is 0.253 e. The number of rotatable bonds is 7. The Kier molecular flexibility index (Phi) is 6.92. The molecule has 0 spiro atoms. The number of methoxy groups -OCH3 is 2. The number of aromatic nitrogens is 1. The fourth-order valence-corrected chi connectivity index (χ4v) is 3.76. The van der Waals surface area contributed by atoms with Crippen molar-refractivity contribution in [2.45, 2.75) is 12.8 Å². The van der Waals surface area contributed by atoms with Crippen LogP contribution in [0, 0.1) is 0 Å². The van der Waals surface area contributed by atoms with Crippen molar-refractivity contribution in [2.24, 2.45) is 0 Å². The van der Waals surface area contributed by atoms with Crippen molar-refractivity contribution in [1.82, 2.24) is 14.8 Å². The summed E-state index contributed by atoms with van der Waals surface area (Å²) in [5.74, 6) is 2.68. The quantitative estimate of drug-likeness (QED) is 0.550. The van der Waals surface area contributed by atoms with Gasteiger partial charge in [0.1, 0.15) is 11.5 Å². The fraction of sp³-hybridized carbons (Fsp3) is 0.320. The molecule has 3 aromatic rings. The van der Waals surface area contributed by atoms with Gasteiger partial charge in [-0.05, 0) is 48.5 Å². The van der Waals surface area contributed by atoms with Crippen LogP contribution in [0.2, 0.25) is 0 Å². The molecule has 1 aliphatic rings. The molecule has 1 fully saturated rings. The van der Waals surface area contributed by atoms with Crippen molar-refractivity contribution in [3.63, 3.8) is 0 Å². The maximum atomic E-state index is 12.7. The number of carbonyl (C=O) groups is 2. The molecule has 2 heterocycles. The zero-order valence-corrected chi connectivity index (χ0v) is 18.8. The Hall–Kier alpha value is -3.81. The van der Waals surface area contributed by atoms with E-state index in [1.54, 1.807) is 54.5 Å². The second kappa shape index (κ2) is 10.2. The Morgan fingerprint density at radius 3 is 2.06 bits per heavy atom.